The van der Waals surface area contributed by atoms with Crippen LogP contribution in [0, 0.1) is 17.0 Å². The summed E-state index contributed by atoms with van der Waals surface area (Å²) in [6, 6.07) is 11.4. The Bertz CT molecular complexity index is 1020. The van der Waals surface area contributed by atoms with Gasteiger partial charge in [0.15, 0.2) is 0 Å². The van der Waals surface area contributed by atoms with Crippen LogP contribution in [-0.2, 0) is 9.59 Å². The third-order valence-electron chi connectivity index (χ3n) is 4.97. The number of imide groups is 1. The summed E-state index contributed by atoms with van der Waals surface area (Å²) in [4.78, 5) is 52.2. The molecule has 0 aliphatic carbocycles. The van der Waals surface area contributed by atoms with Gasteiger partial charge in [-0.1, -0.05) is 23.8 Å². The van der Waals surface area contributed by atoms with E-state index in [9.17, 15) is 24.5 Å². The number of aryl methyl sites for hydroxylation is 1. The van der Waals surface area contributed by atoms with Crippen molar-refractivity contribution in [2.75, 3.05) is 4.90 Å². The number of nitrogens with zero attached hydrogens (tertiary/aromatic N) is 3. The maximum atomic E-state index is 13.3. The molecule has 2 aromatic carbocycles. The third kappa shape index (κ3) is 3.94. The predicted molar refractivity (Wildman–Crippen MR) is 111 cm³/mol. The van der Waals surface area contributed by atoms with Crippen LogP contribution in [0.25, 0.3) is 0 Å². The fourth-order valence-electron chi connectivity index (χ4n) is 3.59. The molecule has 0 saturated carbocycles. The Kier molecular flexibility index (Phi) is 5.43. The molecule has 1 heterocycles. The molecule has 2 aromatic rings. The molecule has 1 atom stereocenters. The van der Waals surface area contributed by atoms with E-state index in [0.29, 0.717) is 5.69 Å². The van der Waals surface area contributed by atoms with Gasteiger partial charge < -0.3 is 4.90 Å². The molecule has 0 aromatic heterocycles. The zero-order valence-electron chi connectivity index (χ0n) is 17.3. The Balaban J connectivity index is 1.98. The van der Waals surface area contributed by atoms with E-state index in [1.54, 1.807) is 45.0 Å². The summed E-state index contributed by atoms with van der Waals surface area (Å²) in [6.07, 6.45) is -0.148. The molecule has 1 fully saturated rings. The molecular weight excluding hydrogens is 386 g/mol. The van der Waals surface area contributed by atoms with Crippen LogP contribution in [0.5, 0.6) is 0 Å². The van der Waals surface area contributed by atoms with Gasteiger partial charge in [0, 0.05) is 23.2 Å². The van der Waals surface area contributed by atoms with Crippen LogP contribution >= 0.6 is 0 Å². The minimum absolute atomic E-state index is 0.0909. The number of amides is 3. The van der Waals surface area contributed by atoms with Crippen molar-refractivity contribution in [1.82, 2.24) is 4.90 Å². The molecule has 156 valence electrons. The highest BCUT2D eigenvalue weighted by molar-refractivity contribution is 6.23. The second kappa shape index (κ2) is 7.70. The van der Waals surface area contributed by atoms with Crippen molar-refractivity contribution >= 4 is 29.1 Å². The van der Waals surface area contributed by atoms with Crippen LogP contribution in [0.4, 0.5) is 11.4 Å². The highest BCUT2D eigenvalue weighted by Gasteiger charge is 2.47. The molecule has 8 heteroatoms. The summed E-state index contributed by atoms with van der Waals surface area (Å²) in [7, 11) is 0. The highest BCUT2D eigenvalue weighted by atomic mass is 16.6. The number of carbonyl (C=O) groups excluding carboxylic acids is 3. The van der Waals surface area contributed by atoms with Crippen LogP contribution in [0.2, 0.25) is 0 Å². The van der Waals surface area contributed by atoms with Crippen molar-refractivity contribution < 1.29 is 19.3 Å². The van der Waals surface area contributed by atoms with Gasteiger partial charge in [-0.25, -0.2) is 4.90 Å². The van der Waals surface area contributed by atoms with Crippen LogP contribution < -0.4 is 4.90 Å². The van der Waals surface area contributed by atoms with Gasteiger partial charge in [-0.05, 0) is 45.9 Å². The molecule has 8 nitrogen and oxygen atoms in total. The van der Waals surface area contributed by atoms with E-state index in [-0.39, 0.29) is 17.7 Å². The highest BCUT2D eigenvalue weighted by Crippen LogP contribution is 2.31. The van der Waals surface area contributed by atoms with Gasteiger partial charge in [-0.2, -0.15) is 0 Å². The molecule has 1 saturated heterocycles. The van der Waals surface area contributed by atoms with E-state index >= 15 is 0 Å². The second-order valence-electron chi connectivity index (χ2n) is 8.28. The molecule has 3 rings (SSSR count). The normalized spacial score (nSPS) is 16.7. The molecule has 0 spiro atoms. The van der Waals surface area contributed by atoms with E-state index < -0.39 is 34.2 Å². The van der Waals surface area contributed by atoms with Crippen molar-refractivity contribution in [2.24, 2.45) is 0 Å². The van der Waals surface area contributed by atoms with Gasteiger partial charge in [-0.3, -0.25) is 24.5 Å². The van der Waals surface area contributed by atoms with E-state index in [2.05, 4.69) is 0 Å². The topological polar surface area (TPSA) is 101 Å². The average molecular weight is 409 g/mol. The lowest BCUT2D eigenvalue weighted by atomic mass is 9.99. The minimum atomic E-state index is -0.995. The van der Waals surface area contributed by atoms with Crippen LogP contribution in [0.3, 0.4) is 0 Å². The first-order valence-electron chi connectivity index (χ1n) is 9.52. The first kappa shape index (κ1) is 21.2. The monoisotopic (exact) mass is 409 g/mol. The van der Waals surface area contributed by atoms with Crippen molar-refractivity contribution in [2.45, 2.75) is 45.7 Å². The molecule has 0 bridgehead atoms. The van der Waals surface area contributed by atoms with Gasteiger partial charge in [0.05, 0.1) is 17.0 Å². The summed E-state index contributed by atoms with van der Waals surface area (Å²) in [5.74, 6) is -1.42. The van der Waals surface area contributed by atoms with E-state index in [1.807, 2.05) is 6.92 Å². The Hall–Kier alpha value is -3.55. The SMILES string of the molecule is Cc1ccc(N2C(=O)CC(N(C(=O)c3cccc([N+](=O)[O-])c3)C(C)(C)C)C2=O)cc1. The smallest absolute Gasteiger partial charge is 0.270 e. The molecule has 0 radical (unpaired) electrons. The Labute approximate surface area is 174 Å². The van der Waals surface area contributed by atoms with Crippen LogP contribution in [0.1, 0.15) is 43.1 Å². The molecule has 1 unspecified atom stereocenters. The lowest BCUT2D eigenvalue weighted by Gasteiger charge is -2.39. The molecule has 0 N–H and O–H groups in total. The number of carbonyl (C=O) groups is 3. The Morgan fingerprint density at radius 2 is 1.77 bits per heavy atom. The second-order valence-corrected chi connectivity index (χ2v) is 8.28. The van der Waals surface area contributed by atoms with Crippen molar-refractivity contribution in [3.05, 3.63) is 69.8 Å². The first-order valence-corrected chi connectivity index (χ1v) is 9.52. The summed E-state index contributed by atoms with van der Waals surface area (Å²) in [6.45, 7) is 7.18. The minimum Gasteiger partial charge on any atom is -0.321 e. The lowest BCUT2D eigenvalue weighted by molar-refractivity contribution is -0.384. The average Bonchev–Trinajstić information content (AvgIpc) is 2.95. The van der Waals surface area contributed by atoms with E-state index in [0.717, 1.165) is 10.5 Å². The number of anilines is 1. The summed E-state index contributed by atoms with van der Waals surface area (Å²) < 4.78 is 0. The largest absolute Gasteiger partial charge is 0.321 e. The predicted octanol–water partition coefficient (Wildman–Crippen LogP) is 3.48. The molecule has 1 aliphatic rings. The number of non-ortho nitro benzene ring substituents is 1. The van der Waals surface area contributed by atoms with Gasteiger partial charge in [-0.15, -0.1) is 0 Å². The maximum Gasteiger partial charge on any atom is 0.270 e. The van der Waals surface area contributed by atoms with Crippen molar-refractivity contribution in [1.29, 1.82) is 0 Å². The number of nitro groups is 1. The van der Waals surface area contributed by atoms with Gasteiger partial charge in [0.25, 0.3) is 17.5 Å². The fraction of sp³-hybridized carbons (Fsp3) is 0.318. The molecule has 30 heavy (non-hydrogen) atoms. The van der Waals surface area contributed by atoms with Gasteiger partial charge >= 0.3 is 0 Å². The Morgan fingerprint density at radius 1 is 1.13 bits per heavy atom. The number of hydrogen-bond donors (Lipinski definition) is 0. The summed E-state index contributed by atoms with van der Waals surface area (Å²) >= 11 is 0. The Morgan fingerprint density at radius 3 is 2.33 bits per heavy atom. The number of rotatable bonds is 4. The third-order valence-corrected chi connectivity index (χ3v) is 4.97. The summed E-state index contributed by atoms with van der Waals surface area (Å²) in [5.41, 5.74) is 0.519. The van der Waals surface area contributed by atoms with Gasteiger partial charge in [0.2, 0.25) is 5.91 Å². The van der Waals surface area contributed by atoms with E-state index in [1.165, 1.54) is 29.2 Å². The zero-order chi connectivity index (χ0) is 22.2. The number of nitro benzene ring substituents is 1. The molecular formula is C22H23N3O5. The zero-order valence-corrected chi connectivity index (χ0v) is 17.3. The molecule has 3 amide bonds. The molecule has 1 aliphatic heterocycles. The quantitative estimate of drug-likeness (QED) is 0.437. The van der Waals surface area contributed by atoms with Crippen molar-refractivity contribution in [3.63, 3.8) is 0 Å². The van der Waals surface area contributed by atoms with Crippen molar-refractivity contribution in [3.8, 4) is 0 Å². The van der Waals surface area contributed by atoms with Crippen LogP contribution in [-0.4, -0.2) is 39.1 Å². The number of hydrogen-bond acceptors (Lipinski definition) is 5. The first-order chi connectivity index (χ1) is 14.0. The fourth-order valence-corrected chi connectivity index (χ4v) is 3.59. The maximum absolute atomic E-state index is 13.3. The standard InChI is InChI=1S/C22H23N3O5/c1-14-8-10-16(11-9-14)23-19(26)13-18(21(23)28)24(22(2,3)4)20(27)15-6-5-7-17(12-15)25(29)30/h5-12,18H,13H2,1-4H3. The lowest BCUT2D eigenvalue weighted by Crippen LogP contribution is -2.54. The summed E-state index contributed by atoms with van der Waals surface area (Å²) in [5, 5.41) is 11.1. The van der Waals surface area contributed by atoms with E-state index in [4.69, 9.17) is 0 Å². The van der Waals surface area contributed by atoms with Crippen LogP contribution in [0.15, 0.2) is 48.5 Å². The number of benzene rings is 2. The van der Waals surface area contributed by atoms with Gasteiger partial charge in [0.1, 0.15) is 6.04 Å².